The quantitative estimate of drug-likeness (QED) is 0.791. The summed E-state index contributed by atoms with van der Waals surface area (Å²) in [5.41, 5.74) is 0. The van der Waals surface area contributed by atoms with E-state index in [1.807, 2.05) is 0 Å². The maximum Gasteiger partial charge on any atom is 0.303 e. The highest BCUT2D eigenvalue weighted by Crippen LogP contribution is 2.38. The van der Waals surface area contributed by atoms with Crippen molar-refractivity contribution in [3.8, 4) is 0 Å². The molecule has 0 spiro atoms. The molecule has 3 atom stereocenters. The first kappa shape index (κ1) is 9.52. The van der Waals surface area contributed by atoms with Crippen LogP contribution in [0.1, 0.15) is 19.3 Å². The molecule has 1 fully saturated rings. The molecule has 1 aliphatic carbocycles. The summed E-state index contributed by atoms with van der Waals surface area (Å²) in [7, 11) is 0. The zero-order valence-electron chi connectivity index (χ0n) is 5.96. The zero-order chi connectivity index (χ0) is 8.43. The molecule has 1 rings (SSSR count). The molecule has 0 bridgehead atoms. The van der Waals surface area contributed by atoms with E-state index in [1.165, 1.54) is 0 Å². The molecule has 0 aromatic rings. The smallest absolute Gasteiger partial charge is 0.303 e. The van der Waals surface area contributed by atoms with Crippen molar-refractivity contribution >= 4 is 37.8 Å². The number of hydrogen-bond acceptors (Lipinski definition) is 1. The average molecular weight is 286 g/mol. The Morgan fingerprint density at radius 3 is 2.45 bits per heavy atom. The molecule has 1 N–H and O–H groups in total. The highest BCUT2D eigenvalue weighted by atomic mass is 79.9. The molecule has 64 valence electrons. The van der Waals surface area contributed by atoms with Crippen molar-refractivity contribution < 1.29 is 9.90 Å². The summed E-state index contributed by atoms with van der Waals surface area (Å²) >= 11 is 6.98. The maximum atomic E-state index is 10.4. The molecule has 0 saturated heterocycles. The first-order chi connectivity index (χ1) is 5.11. The molecular formula is C7H10Br2O2. The molecule has 0 aromatic heterocycles. The molecule has 1 saturated carbocycles. The normalized spacial score (nSPS) is 37.5. The molecule has 2 nitrogen and oxygen atoms in total. The molecule has 0 radical (unpaired) electrons. The van der Waals surface area contributed by atoms with E-state index in [1.54, 1.807) is 0 Å². The van der Waals surface area contributed by atoms with E-state index < -0.39 is 5.97 Å². The summed E-state index contributed by atoms with van der Waals surface area (Å²) in [4.78, 5) is 11.2. The van der Waals surface area contributed by atoms with Gasteiger partial charge in [-0.2, -0.15) is 0 Å². The standard InChI is InChI=1S/C7H10Br2O2/c8-5-2-1-4(7(5)9)3-6(10)11/h4-5,7H,1-3H2,(H,10,11)/t4-,5-,7-/m0/s1. The fraction of sp³-hybridized carbons (Fsp3) is 0.857. The number of rotatable bonds is 2. The Labute approximate surface area is 82.6 Å². The van der Waals surface area contributed by atoms with Gasteiger partial charge >= 0.3 is 5.97 Å². The van der Waals surface area contributed by atoms with Gasteiger partial charge in [-0.1, -0.05) is 31.9 Å². The van der Waals surface area contributed by atoms with Crippen LogP contribution in [-0.4, -0.2) is 20.7 Å². The number of aliphatic carboxylic acids is 1. The van der Waals surface area contributed by atoms with Gasteiger partial charge in [0.1, 0.15) is 0 Å². The lowest BCUT2D eigenvalue weighted by Crippen LogP contribution is -2.16. The molecule has 4 heteroatoms. The summed E-state index contributed by atoms with van der Waals surface area (Å²) in [6.45, 7) is 0. The van der Waals surface area contributed by atoms with Crippen LogP contribution in [0.5, 0.6) is 0 Å². The van der Waals surface area contributed by atoms with E-state index in [0.717, 1.165) is 12.8 Å². The molecule has 0 heterocycles. The van der Waals surface area contributed by atoms with Crippen LogP contribution in [0, 0.1) is 5.92 Å². The van der Waals surface area contributed by atoms with Gasteiger partial charge in [0.2, 0.25) is 0 Å². The first-order valence-corrected chi connectivity index (χ1v) is 5.44. The number of hydrogen-bond donors (Lipinski definition) is 1. The third-order valence-electron chi connectivity index (χ3n) is 2.05. The van der Waals surface area contributed by atoms with E-state index in [0.29, 0.717) is 15.6 Å². The molecular weight excluding hydrogens is 276 g/mol. The van der Waals surface area contributed by atoms with Gasteiger partial charge in [0.15, 0.2) is 0 Å². The average Bonchev–Trinajstić information content (AvgIpc) is 2.18. The SMILES string of the molecule is O=C(O)C[C@@H]1CC[C@H](Br)[C@H]1Br. The Morgan fingerprint density at radius 1 is 1.45 bits per heavy atom. The predicted molar refractivity (Wildman–Crippen MR) is 50.4 cm³/mol. The van der Waals surface area contributed by atoms with Gasteiger partial charge in [-0.15, -0.1) is 0 Å². The van der Waals surface area contributed by atoms with Crippen LogP contribution in [0.2, 0.25) is 0 Å². The van der Waals surface area contributed by atoms with E-state index in [-0.39, 0.29) is 6.42 Å². The van der Waals surface area contributed by atoms with Crippen molar-refractivity contribution in [3.05, 3.63) is 0 Å². The van der Waals surface area contributed by atoms with Gasteiger partial charge in [0.05, 0.1) is 0 Å². The molecule has 0 aromatic carbocycles. The summed E-state index contributed by atoms with van der Waals surface area (Å²) in [5.74, 6) is -0.391. The minimum absolute atomic E-state index is 0.290. The summed E-state index contributed by atoms with van der Waals surface area (Å²) in [6.07, 6.45) is 2.38. The molecule has 0 aliphatic heterocycles. The summed E-state index contributed by atoms with van der Waals surface area (Å²) in [5, 5.41) is 8.54. The Hall–Kier alpha value is 0.430. The molecule has 0 amide bonds. The van der Waals surface area contributed by atoms with Crippen LogP contribution in [-0.2, 0) is 4.79 Å². The van der Waals surface area contributed by atoms with E-state index in [2.05, 4.69) is 31.9 Å². The van der Waals surface area contributed by atoms with Crippen LogP contribution in [0.4, 0.5) is 0 Å². The number of carboxylic acid groups (broad SMARTS) is 1. The van der Waals surface area contributed by atoms with E-state index >= 15 is 0 Å². The minimum atomic E-state index is -0.693. The number of alkyl halides is 2. The third-order valence-corrected chi connectivity index (χ3v) is 5.17. The van der Waals surface area contributed by atoms with Crippen LogP contribution >= 0.6 is 31.9 Å². The fourth-order valence-electron chi connectivity index (χ4n) is 1.43. The zero-order valence-corrected chi connectivity index (χ0v) is 9.14. The van der Waals surface area contributed by atoms with Crippen molar-refractivity contribution in [1.82, 2.24) is 0 Å². The van der Waals surface area contributed by atoms with Crippen molar-refractivity contribution in [2.45, 2.75) is 28.9 Å². The summed E-state index contributed by atoms with van der Waals surface area (Å²) in [6, 6.07) is 0. The van der Waals surface area contributed by atoms with E-state index in [9.17, 15) is 4.79 Å². The summed E-state index contributed by atoms with van der Waals surface area (Å²) < 4.78 is 0. The molecule has 0 unspecified atom stereocenters. The number of halogens is 2. The van der Waals surface area contributed by atoms with Crippen LogP contribution in [0.3, 0.4) is 0 Å². The second-order valence-electron chi connectivity index (χ2n) is 2.90. The molecule has 1 aliphatic rings. The van der Waals surface area contributed by atoms with Gasteiger partial charge in [-0.05, 0) is 18.8 Å². The van der Waals surface area contributed by atoms with Gasteiger partial charge < -0.3 is 5.11 Å². The minimum Gasteiger partial charge on any atom is -0.481 e. The highest BCUT2D eigenvalue weighted by molar-refractivity contribution is 9.12. The lowest BCUT2D eigenvalue weighted by atomic mass is 10.0. The van der Waals surface area contributed by atoms with Crippen LogP contribution in [0.25, 0.3) is 0 Å². The Kier molecular flexibility index (Phi) is 3.37. The third kappa shape index (κ3) is 2.44. The molecule has 11 heavy (non-hydrogen) atoms. The van der Waals surface area contributed by atoms with Crippen molar-refractivity contribution in [2.75, 3.05) is 0 Å². The number of carbonyl (C=O) groups is 1. The van der Waals surface area contributed by atoms with Gasteiger partial charge in [-0.3, -0.25) is 4.79 Å². The lowest BCUT2D eigenvalue weighted by molar-refractivity contribution is -0.138. The van der Waals surface area contributed by atoms with Gasteiger partial charge in [-0.25, -0.2) is 0 Å². The highest BCUT2D eigenvalue weighted by Gasteiger charge is 2.33. The lowest BCUT2D eigenvalue weighted by Gasteiger charge is -2.12. The van der Waals surface area contributed by atoms with Crippen LogP contribution in [0.15, 0.2) is 0 Å². The van der Waals surface area contributed by atoms with Crippen LogP contribution < -0.4 is 0 Å². The van der Waals surface area contributed by atoms with Crippen molar-refractivity contribution in [1.29, 1.82) is 0 Å². The number of carboxylic acids is 1. The first-order valence-electron chi connectivity index (χ1n) is 3.61. The Morgan fingerprint density at radius 2 is 2.09 bits per heavy atom. The second kappa shape index (κ2) is 3.90. The maximum absolute atomic E-state index is 10.4. The second-order valence-corrected chi connectivity index (χ2v) is 5.13. The Balaban J connectivity index is 2.42. The van der Waals surface area contributed by atoms with E-state index in [4.69, 9.17) is 5.11 Å². The monoisotopic (exact) mass is 284 g/mol. The van der Waals surface area contributed by atoms with Crippen molar-refractivity contribution in [3.63, 3.8) is 0 Å². The fourth-order valence-corrected chi connectivity index (χ4v) is 2.84. The van der Waals surface area contributed by atoms with Crippen molar-refractivity contribution in [2.24, 2.45) is 5.92 Å². The topological polar surface area (TPSA) is 37.3 Å². The van der Waals surface area contributed by atoms with Gasteiger partial charge in [0, 0.05) is 16.1 Å². The Bertz CT molecular complexity index is 161. The predicted octanol–water partition coefficient (Wildman–Crippen LogP) is 2.40. The van der Waals surface area contributed by atoms with Gasteiger partial charge in [0.25, 0.3) is 0 Å². The largest absolute Gasteiger partial charge is 0.481 e.